The van der Waals surface area contributed by atoms with E-state index < -0.39 is 0 Å². The molecule has 1 aliphatic heterocycles. The third-order valence-electron chi connectivity index (χ3n) is 3.69. The van der Waals surface area contributed by atoms with Gasteiger partial charge in [0.1, 0.15) is 0 Å². The Morgan fingerprint density at radius 1 is 1.15 bits per heavy atom. The summed E-state index contributed by atoms with van der Waals surface area (Å²) < 4.78 is 5.78. The van der Waals surface area contributed by atoms with Crippen molar-refractivity contribution in [2.75, 3.05) is 33.2 Å². The van der Waals surface area contributed by atoms with Crippen LogP contribution >= 0.6 is 0 Å². The lowest BCUT2D eigenvalue weighted by atomic mass is 10.1. The molecule has 0 radical (unpaired) electrons. The highest BCUT2D eigenvalue weighted by atomic mass is 16.4. The van der Waals surface area contributed by atoms with E-state index in [1.165, 1.54) is 5.56 Å². The number of hydrogen-bond acceptors (Lipinski definition) is 5. The van der Waals surface area contributed by atoms with E-state index in [0.29, 0.717) is 11.8 Å². The average Bonchev–Trinajstić information content (AvgIpc) is 2.90. The zero-order chi connectivity index (χ0) is 13.9. The number of benzene rings is 1. The highest BCUT2D eigenvalue weighted by molar-refractivity contribution is 5.53. The highest BCUT2D eigenvalue weighted by Gasteiger charge is 2.17. The lowest BCUT2D eigenvalue weighted by molar-refractivity contribution is 0.138. The van der Waals surface area contributed by atoms with Gasteiger partial charge in [-0.05, 0) is 26.1 Å². The number of likely N-dealkylation sites (N-methyl/N-ethyl adjacent to an activating group) is 1. The van der Waals surface area contributed by atoms with Gasteiger partial charge in [-0.2, -0.15) is 0 Å². The van der Waals surface area contributed by atoms with Crippen LogP contribution in [0.1, 0.15) is 11.5 Å². The van der Waals surface area contributed by atoms with Gasteiger partial charge in [0, 0.05) is 31.7 Å². The van der Waals surface area contributed by atoms with E-state index in [4.69, 9.17) is 4.42 Å². The van der Waals surface area contributed by atoms with Gasteiger partial charge in [0.25, 0.3) is 0 Å². The summed E-state index contributed by atoms with van der Waals surface area (Å²) in [5, 5.41) is 8.32. The zero-order valence-electron chi connectivity index (χ0n) is 12.0. The Labute approximate surface area is 119 Å². The number of piperazine rings is 1. The molecule has 2 aromatic rings. The molecule has 1 fully saturated rings. The summed E-state index contributed by atoms with van der Waals surface area (Å²) in [5.41, 5.74) is 2.18. The van der Waals surface area contributed by atoms with Gasteiger partial charge in [-0.25, -0.2) is 0 Å². The molecule has 0 amide bonds. The summed E-state index contributed by atoms with van der Waals surface area (Å²) >= 11 is 0. The van der Waals surface area contributed by atoms with Crippen molar-refractivity contribution in [2.45, 2.75) is 13.5 Å². The number of aromatic nitrogens is 2. The molecule has 3 rings (SSSR count). The van der Waals surface area contributed by atoms with Crippen molar-refractivity contribution in [3.63, 3.8) is 0 Å². The van der Waals surface area contributed by atoms with E-state index in [2.05, 4.69) is 46.1 Å². The first-order chi connectivity index (χ1) is 9.70. The van der Waals surface area contributed by atoms with Crippen LogP contribution in [0.3, 0.4) is 0 Å². The van der Waals surface area contributed by atoms with E-state index in [0.717, 1.165) is 38.3 Å². The van der Waals surface area contributed by atoms with Crippen LogP contribution in [-0.4, -0.2) is 53.2 Å². The molecule has 5 nitrogen and oxygen atoms in total. The molecule has 20 heavy (non-hydrogen) atoms. The third kappa shape index (κ3) is 3.05. The second-order valence-electron chi connectivity index (χ2n) is 5.45. The van der Waals surface area contributed by atoms with Gasteiger partial charge in [-0.1, -0.05) is 17.7 Å². The molecule has 0 saturated carbocycles. The molecule has 106 valence electrons. The quantitative estimate of drug-likeness (QED) is 0.852. The van der Waals surface area contributed by atoms with Gasteiger partial charge in [0.15, 0.2) is 0 Å². The fourth-order valence-electron chi connectivity index (χ4n) is 2.41. The SMILES string of the molecule is Cc1cccc(-c2nnc(CN3CCN(C)CC3)o2)c1. The summed E-state index contributed by atoms with van der Waals surface area (Å²) in [5.74, 6) is 1.31. The maximum Gasteiger partial charge on any atom is 0.247 e. The van der Waals surface area contributed by atoms with Crippen molar-refractivity contribution in [3.05, 3.63) is 35.7 Å². The van der Waals surface area contributed by atoms with Crippen LogP contribution in [0.4, 0.5) is 0 Å². The van der Waals surface area contributed by atoms with Gasteiger partial charge >= 0.3 is 0 Å². The maximum atomic E-state index is 5.78. The second-order valence-corrected chi connectivity index (χ2v) is 5.45. The minimum Gasteiger partial charge on any atom is -0.419 e. The molecule has 1 aromatic heterocycles. The summed E-state index contributed by atoms with van der Waals surface area (Å²) in [4.78, 5) is 4.69. The molecular formula is C15H20N4O. The first-order valence-corrected chi connectivity index (χ1v) is 7.01. The average molecular weight is 272 g/mol. The standard InChI is InChI=1S/C15H20N4O/c1-12-4-3-5-13(10-12)15-17-16-14(20-15)11-19-8-6-18(2)7-9-19/h3-5,10H,6-9,11H2,1-2H3. The van der Waals surface area contributed by atoms with Crippen LogP contribution in [0.2, 0.25) is 0 Å². The van der Waals surface area contributed by atoms with Gasteiger partial charge < -0.3 is 9.32 Å². The fourth-order valence-corrected chi connectivity index (χ4v) is 2.41. The van der Waals surface area contributed by atoms with Gasteiger partial charge in [-0.3, -0.25) is 4.90 Å². The molecule has 1 aromatic carbocycles. The largest absolute Gasteiger partial charge is 0.419 e. The minimum absolute atomic E-state index is 0.609. The Balaban J connectivity index is 1.68. The Hall–Kier alpha value is -1.72. The molecule has 0 spiro atoms. The predicted molar refractivity (Wildman–Crippen MR) is 77.2 cm³/mol. The van der Waals surface area contributed by atoms with E-state index in [1.54, 1.807) is 0 Å². The first kappa shape index (κ1) is 13.3. The molecule has 0 bridgehead atoms. The predicted octanol–water partition coefficient (Wildman–Crippen LogP) is 1.79. The Bertz CT molecular complexity index is 573. The molecule has 1 saturated heterocycles. The van der Waals surface area contributed by atoms with Crippen LogP contribution in [0.15, 0.2) is 28.7 Å². The monoisotopic (exact) mass is 272 g/mol. The van der Waals surface area contributed by atoms with Gasteiger partial charge in [-0.15, -0.1) is 10.2 Å². The van der Waals surface area contributed by atoms with Crippen LogP contribution in [0, 0.1) is 6.92 Å². The fraction of sp³-hybridized carbons (Fsp3) is 0.467. The van der Waals surface area contributed by atoms with Crippen molar-refractivity contribution >= 4 is 0 Å². The van der Waals surface area contributed by atoms with E-state index in [9.17, 15) is 0 Å². The second kappa shape index (κ2) is 5.73. The molecule has 0 aliphatic carbocycles. The van der Waals surface area contributed by atoms with Gasteiger partial charge in [0.05, 0.1) is 6.54 Å². The summed E-state index contributed by atoms with van der Waals surface area (Å²) in [7, 11) is 2.15. The number of aryl methyl sites for hydroxylation is 1. The highest BCUT2D eigenvalue weighted by Crippen LogP contribution is 2.19. The Kier molecular flexibility index (Phi) is 3.80. The van der Waals surface area contributed by atoms with Crippen LogP contribution < -0.4 is 0 Å². The van der Waals surface area contributed by atoms with Crippen LogP contribution in [0.5, 0.6) is 0 Å². The number of rotatable bonds is 3. The zero-order valence-corrected chi connectivity index (χ0v) is 12.0. The van der Waals surface area contributed by atoms with Crippen molar-refractivity contribution in [3.8, 4) is 11.5 Å². The van der Waals surface area contributed by atoms with Crippen molar-refractivity contribution < 1.29 is 4.42 Å². The maximum absolute atomic E-state index is 5.78. The molecule has 2 heterocycles. The normalized spacial score (nSPS) is 17.5. The van der Waals surface area contributed by atoms with Gasteiger partial charge in [0.2, 0.25) is 11.8 Å². The Morgan fingerprint density at radius 3 is 2.70 bits per heavy atom. The molecule has 0 atom stereocenters. The van der Waals surface area contributed by atoms with Crippen molar-refractivity contribution in [1.29, 1.82) is 0 Å². The van der Waals surface area contributed by atoms with Crippen molar-refractivity contribution in [2.24, 2.45) is 0 Å². The van der Waals surface area contributed by atoms with E-state index in [-0.39, 0.29) is 0 Å². The van der Waals surface area contributed by atoms with E-state index in [1.807, 2.05) is 12.1 Å². The first-order valence-electron chi connectivity index (χ1n) is 7.01. The third-order valence-corrected chi connectivity index (χ3v) is 3.69. The van der Waals surface area contributed by atoms with Crippen LogP contribution in [-0.2, 0) is 6.54 Å². The molecule has 5 heteroatoms. The van der Waals surface area contributed by atoms with Crippen LogP contribution in [0.25, 0.3) is 11.5 Å². The van der Waals surface area contributed by atoms with E-state index >= 15 is 0 Å². The molecule has 1 aliphatic rings. The summed E-state index contributed by atoms with van der Waals surface area (Å²) in [6.07, 6.45) is 0. The topological polar surface area (TPSA) is 45.4 Å². The number of nitrogens with zero attached hydrogens (tertiary/aromatic N) is 4. The lowest BCUT2D eigenvalue weighted by Gasteiger charge is -2.31. The molecule has 0 unspecified atom stereocenters. The molecular weight excluding hydrogens is 252 g/mol. The van der Waals surface area contributed by atoms with Crippen molar-refractivity contribution in [1.82, 2.24) is 20.0 Å². The number of hydrogen-bond donors (Lipinski definition) is 0. The summed E-state index contributed by atoms with van der Waals surface area (Å²) in [6.45, 7) is 7.10. The molecule has 0 N–H and O–H groups in total. The lowest BCUT2D eigenvalue weighted by Crippen LogP contribution is -2.43. The summed E-state index contributed by atoms with van der Waals surface area (Å²) in [6, 6.07) is 8.13. The Morgan fingerprint density at radius 2 is 1.95 bits per heavy atom. The smallest absolute Gasteiger partial charge is 0.247 e. The minimum atomic E-state index is 0.609.